The largest absolute Gasteiger partial charge is 0.0925 e. The van der Waals surface area contributed by atoms with Gasteiger partial charge in [-0.3, -0.25) is 0 Å². The summed E-state index contributed by atoms with van der Waals surface area (Å²) >= 11 is 15.7. The van der Waals surface area contributed by atoms with E-state index in [1.165, 1.54) is 16.7 Å². The van der Waals surface area contributed by atoms with Crippen LogP contribution in [0.2, 0.25) is 10.0 Å². The molecule has 2 aromatic rings. The van der Waals surface area contributed by atoms with Crippen molar-refractivity contribution in [3.63, 3.8) is 0 Å². The lowest BCUT2D eigenvalue weighted by Gasteiger charge is -2.15. The third-order valence-electron chi connectivity index (χ3n) is 3.33. The predicted octanol–water partition coefficient (Wildman–Crippen LogP) is 6.10. The molecule has 2 rings (SSSR count). The summed E-state index contributed by atoms with van der Waals surface area (Å²) in [5.41, 5.74) is 3.93. The fraction of sp³-hybridized carbons (Fsp3) is 0.294. The van der Waals surface area contributed by atoms with Crippen LogP contribution in [0.4, 0.5) is 0 Å². The number of hydrogen-bond acceptors (Lipinski definition) is 0. The van der Waals surface area contributed by atoms with Crippen LogP contribution in [0.3, 0.4) is 0 Å². The fourth-order valence-corrected chi connectivity index (χ4v) is 3.13. The van der Waals surface area contributed by atoms with Crippen molar-refractivity contribution in [2.24, 2.45) is 5.92 Å². The van der Waals surface area contributed by atoms with Crippen LogP contribution in [-0.2, 0) is 12.8 Å². The minimum atomic E-state index is 0.550. The van der Waals surface area contributed by atoms with E-state index in [0.29, 0.717) is 16.0 Å². The Morgan fingerprint density at radius 3 is 2.25 bits per heavy atom. The predicted molar refractivity (Wildman–Crippen MR) is 92.3 cm³/mol. The topological polar surface area (TPSA) is 0 Å². The highest BCUT2D eigenvalue weighted by Crippen LogP contribution is 2.25. The number of aryl methyl sites for hydroxylation is 1. The Labute approximate surface area is 139 Å². The van der Waals surface area contributed by atoms with Crippen molar-refractivity contribution in [1.29, 1.82) is 0 Å². The summed E-state index contributed by atoms with van der Waals surface area (Å²) in [7, 11) is 0. The van der Waals surface area contributed by atoms with Gasteiger partial charge in [0.05, 0.1) is 10.0 Å². The zero-order valence-electron chi connectivity index (χ0n) is 11.4. The molecule has 0 amide bonds. The number of alkyl halides is 1. The highest BCUT2D eigenvalue weighted by molar-refractivity contribution is 9.09. The molecule has 0 bridgehead atoms. The van der Waals surface area contributed by atoms with E-state index in [1.807, 2.05) is 12.1 Å². The molecule has 0 aliphatic carbocycles. The Kier molecular flexibility index (Phi) is 5.95. The summed E-state index contributed by atoms with van der Waals surface area (Å²) in [6.07, 6.45) is 2.06. The molecule has 0 aliphatic heterocycles. The second kappa shape index (κ2) is 7.49. The van der Waals surface area contributed by atoms with Gasteiger partial charge in [0.1, 0.15) is 0 Å². The molecular weight excluding hydrogens is 355 g/mol. The quantitative estimate of drug-likeness (QED) is 0.557. The van der Waals surface area contributed by atoms with Gasteiger partial charge in [0, 0.05) is 5.33 Å². The van der Waals surface area contributed by atoms with Crippen molar-refractivity contribution in [3.8, 4) is 0 Å². The van der Waals surface area contributed by atoms with Gasteiger partial charge in [-0.2, -0.15) is 0 Å². The van der Waals surface area contributed by atoms with E-state index in [9.17, 15) is 0 Å². The van der Waals surface area contributed by atoms with Gasteiger partial charge in [0.25, 0.3) is 0 Å². The van der Waals surface area contributed by atoms with E-state index in [2.05, 4.69) is 53.2 Å². The van der Waals surface area contributed by atoms with E-state index in [0.717, 1.165) is 18.2 Å². The van der Waals surface area contributed by atoms with Crippen molar-refractivity contribution in [2.45, 2.75) is 19.8 Å². The third kappa shape index (κ3) is 4.51. The first-order valence-electron chi connectivity index (χ1n) is 6.64. The van der Waals surface area contributed by atoms with E-state index in [-0.39, 0.29) is 0 Å². The molecule has 0 heterocycles. The fourth-order valence-electron chi connectivity index (χ4n) is 2.35. The summed E-state index contributed by atoms with van der Waals surface area (Å²) in [6.45, 7) is 2.13. The van der Waals surface area contributed by atoms with Gasteiger partial charge in [0.2, 0.25) is 0 Å². The Morgan fingerprint density at radius 1 is 0.950 bits per heavy atom. The Hall–Kier alpha value is -0.500. The van der Waals surface area contributed by atoms with Gasteiger partial charge in [0.15, 0.2) is 0 Å². The molecule has 0 fully saturated rings. The molecule has 0 saturated heterocycles. The average molecular weight is 372 g/mol. The van der Waals surface area contributed by atoms with Gasteiger partial charge < -0.3 is 0 Å². The van der Waals surface area contributed by atoms with Crippen LogP contribution in [0.25, 0.3) is 0 Å². The molecular formula is C17H17BrCl2. The van der Waals surface area contributed by atoms with E-state index in [1.54, 1.807) is 0 Å². The van der Waals surface area contributed by atoms with Crippen molar-refractivity contribution in [1.82, 2.24) is 0 Å². The molecule has 1 atom stereocenters. The van der Waals surface area contributed by atoms with Gasteiger partial charge in [-0.1, -0.05) is 75.0 Å². The van der Waals surface area contributed by atoms with E-state index >= 15 is 0 Å². The second-order valence-electron chi connectivity index (χ2n) is 5.17. The standard InChI is InChI=1S/C17H17BrCl2/c1-12-3-2-4-13(7-12)8-15(11-18)9-14-5-6-16(19)17(20)10-14/h2-7,10,15H,8-9,11H2,1H3. The van der Waals surface area contributed by atoms with Crippen molar-refractivity contribution in [3.05, 3.63) is 69.2 Å². The highest BCUT2D eigenvalue weighted by Gasteiger charge is 2.11. The highest BCUT2D eigenvalue weighted by atomic mass is 79.9. The van der Waals surface area contributed by atoms with Crippen LogP contribution >= 0.6 is 39.1 Å². The molecule has 0 aromatic heterocycles. The number of benzene rings is 2. The molecule has 20 heavy (non-hydrogen) atoms. The summed E-state index contributed by atoms with van der Waals surface area (Å²) in [6, 6.07) is 14.6. The van der Waals surface area contributed by atoms with Crippen LogP contribution in [0, 0.1) is 12.8 Å². The van der Waals surface area contributed by atoms with Crippen LogP contribution in [0.1, 0.15) is 16.7 Å². The van der Waals surface area contributed by atoms with Crippen molar-refractivity contribution in [2.75, 3.05) is 5.33 Å². The maximum Gasteiger partial charge on any atom is 0.0595 e. The maximum atomic E-state index is 6.08. The lowest BCUT2D eigenvalue weighted by Crippen LogP contribution is -2.10. The maximum absolute atomic E-state index is 6.08. The second-order valence-corrected chi connectivity index (χ2v) is 6.63. The molecule has 0 aliphatic rings. The molecule has 0 nitrogen and oxygen atoms in total. The van der Waals surface area contributed by atoms with Gasteiger partial charge in [-0.15, -0.1) is 0 Å². The Morgan fingerprint density at radius 2 is 1.65 bits per heavy atom. The first kappa shape index (κ1) is 15.9. The molecule has 3 heteroatoms. The normalized spacial score (nSPS) is 12.4. The first-order chi connectivity index (χ1) is 9.58. The van der Waals surface area contributed by atoms with Gasteiger partial charge >= 0.3 is 0 Å². The van der Waals surface area contributed by atoms with Crippen LogP contribution in [-0.4, -0.2) is 5.33 Å². The number of halogens is 3. The molecule has 2 aromatic carbocycles. The molecule has 0 radical (unpaired) electrons. The summed E-state index contributed by atoms with van der Waals surface area (Å²) in [5.74, 6) is 0.550. The molecule has 0 spiro atoms. The molecule has 0 N–H and O–H groups in total. The van der Waals surface area contributed by atoms with Crippen molar-refractivity contribution >= 4 is 39.1 Å². The lowest BCUT2D eigenvalue weighted by molar-refractivity contribution is 0.591. The summed E-state index contributed by atoms with van der Waals surface area (Å²) < 4.78 is 0. The van der Waals surface area contributed by atoms with E-state index in [4.69, 9.17) is 23.2 Å². The zero-order chi connectivity index (χ0) is 14.5. The van der Waals surface area contributed by atoms with Crippen LogP contribution in [0.5, 0.6) is 0 Å². The van der Waals surface area contributed by atoms with Gasteiger partial charge in [-0.05, 0) is 48.9 Å². The number of rotatable bonds is 5. The molecule has 1 unspecified atom stereocenters. The summed E-state index contributed by atoms with van der Waals surface area (Å²) in [4.78, 5) is 0. The molecule has 106 valence electrons. The number of hydrogen-bond donors (Lipinski definition) is 0. The third-order valence-corrected chi connectivity index (χ3v) is 4.99. The minimum absolute atomic E-state index is 0.550. The van der Waals surface area contributed by atoms with E-state index < -0.39 is 0 Å². The lowest BCUT2D eigenvalue weighted by atomic mass is 9.93. The smallest absolute Gasteiger partial charge is 0.0595 e. The van der Waals surface area contributed by atoms with Crippen molar-refractivity contribution < 1.29 is 0 Å². The zero-order valence-corrected chi connectivity index (χ0v) is 14.5. The van der Waals surface area contributed by atoms with Crippen LogP contribution < -0.4 is 0 Å². The Bertz CT molecular complexity index is 581. The average Bonchev–Trinajstić information content (AvgIpc) is 2.42. The monoisotopic (exact) mass is 370 g/mol. The SMILES string of the molecule is Cc1cccc(CC(CBr)Cc2ccc(Cl)c(Cl)c2)c1. The minimum Gasteiger partial charge on any atom is -0.0925 e. The van der Waals surface area contributed by atoms with Gasteiger partial charge in [-0.25, -0.2) is 0 Å². The molecule has 0 saturated carbocycles. The Balaban J connectivity index is 2.07. The summed E-state index contributed by atoms with van der Waals surface area (Å²) in [5, 5.41) is 2.22. The van der Waals surface area contributed by atoms with Crippen LogP contribution in [0.15, 0.2) is 42.5 Å². The first-order valence-corrected chi connectivity index (χ1v) is 8.51.